The molecule has 0 radical (unpaired) electrons. The van der Waals surface area contributed by atoms with E-state index in [4.69, 9.17) is 9.47 Å². The topological polar surface area (TPSA) is 72.8 Å². The van der Waals surface area contributed by atoms with Gasteiger partial charge in [-0.25, -0.2) is 0 Å². The maximum Gasteiger partial charge on any atom is 0.305 e. The minimum Gasteiger partial charge on any atom is -0.463 e. The molecule has 0 fully saturated rings. The molecule has 0 aliphatic heterocycles. The van der Waals surface area contributed by atoms with Crippen LogP contribution in [0.4, 0.5) is 0 Å². The molecule has 0 aliphatic rings. The van der Waals surface area contributed by atoms with Gasteiger partial charge in [0, 0.05) is 12.8 Å². The first-order chi connectivity index (χ1) is 21.6. The van der Waals surface area contributed by atoms with E-state index in [1.807, 2.05) is 0 Å². The molecule has 0 heterocycles. The van der Waals surface area contributed by atoms with Crippen molar-refractivity contribution in [2.24, 2.45) is 0 Å². The predicted octanol–water partition coefficient (Wildman–Crippen LogP) is 11.3. The molecule has 0 aliphatic carbocycles. The van der Waals surface area contributed by atoms with Crippen LogP contribution in [0.5, 0.6) is 0 Å². The first-order valence-electron chi connectivity index (χ1n) is 18.5. The van der Waals surface area contributed by atoms with Gasteiger partial charge in [-0.2, -0.15) is 0 Å². The molecule has 0 aromatic rings. The van der Waals surface area contributed by atoms with Gasteiger partial charge in [-0.15, -0.1) is 0 Å². The molecule has 0 spiro atoms. The molecule has 0 aromatic carbocycles. The third-order valence-corrected chi connectivity index (χ3v) is 7.85. The lowest BCUT2D eigenvalue weighted by Crippen LogP contribution is -2.25. The summed E-state index contributed by atoms with van der Waals surface area (Å²) in [5, 5.41) is 9.99. The number of allylic oxidation sites excluding steroid dienone is 6. The van der Waals surface area contributed by atoms with Crippen molar-refractivity contribution in [3.63, 3.8) is 0 Å². The van der Waals surface area contributed by atoms with Gasteiger partial charge in [-0.3, -0.25) is 9.59 Å². The van der Waals surface area contributed by atoms with Crippen molar-refractivity contribution in [1.82, 2.24) is 0 Å². The Balaban J connectivity index is 3.48. The van der Waals surface area contributed by atoms with Gasteiger partial charge >= 0.3 is 11.9 Å². The molecule has 5 nitrogen and oxygen atoms in total. The van der Waals surface area contributed by atoms with Gasteiger partial charge in [0.15, 0.2) is 0 Å². The highest BCUT2D eigenvalue weighted by atomic mass is 16.6. The summed E-state index contributed by atoms with van der Waals surface area (Å²) in [6.07, 6.45) is 41.9. The first kappa shape index (κ1) is 42.1. The van der Waals surface area contributed by atoms with E-state index in [0.29, 0.717) is 12.8 Å². The quantitative estimate of drug-likeness (QED) is 0.0450. The summed E-state index contributed by atoms with van der Waals surface area (Å²) in [4.78, 5) is 23.9. The second-order valence-corrected chi connectivity index (χ2v) is 12.3. The van der Waals surface area contributed by atoms with Crippen LogP contribution in [0, 0.1) is 0 Å². The molecule has 5 heteroatoms. The zero-order chi connectivity index (χ0) is 32.2. The van der Waals surface area contributed by atoms with Crippen molar-refractivity contribution in [2.45, 2.75) is 187 Å². The largest absolute Gasteiger partial charge is 0.463 e. The Hall–Kier alpha value is -1.88. The number of esters is 2. The van der Waals surface area contributed by atoms with Crippen LogP contribution < -0.4 is 0 Å². The van der Waals surface area contributed by atoms with Crippen LogP contribution in [0.15, 0.2) is 36.5 Å². The zero-order valence-electron chi connectivity index (χ0n) is 28.9. The Bertz CT molecular complexity index is 711. The number of aliphatic hydroxyl groups is 1. The minimum absolute atomic E-state index is 0.124. The van der Waals surface area contributed by atoms with Crippen molar-refractivity contribution in [3.05, 3.63) is 36.5 Å². The second kappa shape index (κ2) is 35.6. The Morgan fingerprint density at radius 2 is 0.795 bits per heavy atom. The van der Waals surface area contributed by atoms with Gasteiger partial charge in [0.25, 0.3) is 0 Å². The van der Waals surface area contributed by atoms with E-state index >= 15 is 0 Å². The zero-order valence-corrected chi connectivity index (χ0v) is 28.9. The highest BCUT2D eigenvalue weighted by molar-refractivity contribution is 5.69. The van der Waals surface area contributed by atoms with Crippen molar-refractivity contribution in [2.75, 3.05) is 13.2 Å². The number of ether oxygens (including phenoxy) is 2. The van der Waals surface area contributed by atoms with Crippen LogP contribution in [0.2, 0.25) is 0 Å². The maximum absolute atomic E-state index is 11.9. The van der Waals surface area contributed by atoms with Crippen LogP contribution >= 0.6 is 0 Å². The van der Waals surface area contributed by atoms with E-state index in [-0.39, 0.29) is 25.2 Å². The lowest BCUT2D eigenvalue weighted by Gasteiger charge is -2.12. The highest BCUT2D eigenvalue weighted by Crippen LogP contribution is 2.11. The summed E-state index contributed by atoms with van der Waals surface area (Å²) in [5.74, 6) is -0.590. The van der Waals surface area contributed by atoms with Crippen molar-refractivity contribution in [3.8, 4) is 0 Å². The SMILES string of the molecule is CCCCCC=CCC=CCCCCCCCC(=O)OCC(O)COC(=O)CCCCCCCC=CCCCCCCCC. The van der Waals surface area contributed by atoms with Gasteiger partial charge in [0.1, 0.15) is 19.3 Å². The van der Waals surface area contributed by atoms with Crippen LogP contribution in [0.25, 0.3) is 0 Å². The summed E-state index contributed by atoms with van der Waals surface area (Å²) >= 11 is 0. The molecule has 0 aromatic heterocycles. The third kappa shape index (κ3) is 34.6. The molecule has 44 heavy (non-hydrogen) atoms. The molecule has 1 unspecified atom stereocenters. The number of carbonyl (C=O) groups is 2. The summed E-state index contributed by atoms with van der Waals surface area (Å²) in [5.41, 5.74) is 0. The van der Waals surface area contributed by atoms with Crippen molar-refractivity contribution >= 4 is 11.9 Å². The summed E-state index contributed by atoms with van der Waals surface area (Å²) in [6.45, 7) is 4.24. The first-order valence-corrected chi connectivity index (χ1v) is 18.5. The number of unbranched alkanes of at least 4 members (excludes halogenated alkanes) is 19. The number of aliphatic hydroxyl groups excluding tert-OH is 1. The normalized spacial score (nSPS) is 12.5. The minimum atomic E-state index is -0.971. The standard InChI is InChI=1S/C39H70O5/c1-3-5-7-9-11-13-15-17-19-21-23-25-27-29-31-33-38(41)43-35-37(40)36-44-39(42)34-32-30-28-26-24-22-20-18-16-14-12-10-8-6-4-2/h11,13,17-20,37,40H,3-10,12,14-16,21-36H2,1-2H3. The van der Waals surface area contributed by atoms with Crippen LogP contribution in [-0.2, 0) is 19.1 Å². The summed E-state index contributed by atoms with van der Waals surface area (Å²) < 4.78 is 10.3. The third-order valence-electron chi connectivity index (χ3n) is 7.85. The van der Waals surface area contributed by atoms with Crippen LogP contribution in [0.3, 0.4) is 0 Å². The number of rotatable bonds is 33. The van der Waals surface area contributed by atoms with E-state index in [1.54, 1.807) is 0 Å². The van der Waals surface area contributed by atoms with Gasteiger partial charge in [-0.1, -0.05) is 134 Å². The molecule has 1 atom stereocenters. The maximum atomic E-state index is 11.9. The molecule has 0 saturated carbocycles. The molecule has 256 valence electrons. The highest BCUT2D eigenvalue weighted by Gasteiger charge is 2.12. The Morgan fingerprint density at radius 3 is 1.23 bits per heavy atom. The predicted molar refractivity (Wildman–Crippen MR) is 187 cm³/mol. The molecule has 1 N–H and O–H groups in total. The van der Waals surface area contributed by atoms with E-state index in [9.17, 15) is 14.7 Å². The average molecular weight is 619 g/mol. The Morgan fingerprint density at radius 1 is 0.477 bits per heavy atom. The number of hydrogen-bond donors (Lipinski definition) is 1. The lowest BCUT2D eigenvalue weighted by molar-refractivity contribution is -0.152. The van der Waals surface area contributed by atoms with Crippen molar-refractivity contribution in [1.29, 1.82) is 0 Å². The summed E-state index contributed by atoms with van der Waals surface area (Å²) in [6, 6.07) is 0. The van der Waals surface area contributed by atoms with Crippen molar-refractivity contribution < 1.29 is 24.2 Å². The van der Waals surface area contributed by atoms with Gasteiger partial charge in [-0.05, 0) is 70.6 Å². The van der Waals surface area contributed by atoms with Gasteiger partial charge in [0.05, 0.1) is 0 Å². The Labute approximate surface area is 272 Å². The van der Waals surface area contributed by atoms with E-state index in [0.717, 1.165) is 57.8 Å². The van der Waals surface area contributed by atoms with Crippen LogP contribution in [0.1, 0.15) is 181 Å². The molecular formula is C39H70O5. The lowest BCUT2D eigenvalue weighted by atomic mass is 10.1. The second-order valence-electron chi connectivity index (χ2n) is 12.3. The summed E-state index contributed by atoms with van der Waals surface area (Å²) in [7, 11) is 0. The van der Waals surface area contributed by atoms with E-state index < -0.39 is 6.10 Å². The molecular weight excluding hydrogens is 548 g/mol. The number of hydrogen-bond acceptors (Lipinski definition) is 5. The monoisotopic (exact) mass is 619 g/mol. The average Bonchev–Trinajstić information content (AvgIpc) is 3.02. The molecule has 0 saturated heterocycles. The smallest absolute Gasteiger partial charge is 0.305 e. The van der Waals surface area contributed by atoms with Gasteiger partial charge in [0.2, 0.25) is 0 Å². The fraction of sp³-hybridized carbons (Fsp3) is 0.795. The van der Waals surface area contributed by atoms with Gasteiger partial charge < -0.3 is 14.6 Å². The fourth-order valence-corrected chi connectivity index (χ4v) is 4.99. The molecule has 0 bridgehead atoms. The van der Waals surface area contributed by atoms with Crippen LogP contribution in [-0.4, -0.2) is 36.4 Å². The van der Waals surface area contributed by atoms with E-state index in [2.05, 4.69) is 50.3 Å². The fourth-order valence-electron chi connectivity index (χ4n) is 4.99. The van der Waals surface area contributed by atoms with E-state index in [1.165, 1.54) is 96.3 Å². The molecule has 0 amide bonds. The number of carbonyl (C=O) groups excluding carboxylic acids is 2. The Kier molecular flexibility index (Phi) is 34.1. The molecule has 0 rings (SSSR count).